The molecule has 0 saturated heterocycles. The molecule has 1 heterocycles. The molecular formula is C14H13Cl2FN2. The fraction of sp³-hybridized carbons (Fsp3) is 0.214. The molecule has 0 saturated carbocycles. The van der Waals surface area contributed by atoms with Gasteiger partial charge in [-0.15, -0.1) is 0 Å². The number of benzene rings is 1. The zero-order chi connectivity index (χ0) is 14.0. The number of anilines is 1. The van der Waals surface area contributed by atoms with Gasteiger partial charge in [-0.05, 0) is 43.7 Å². The molecule has 0 fully saturated rings. The molecule has 0 unspecified atom stereocenters. The Morgan fingerprint density at radius 1 is 1.21 bits per heavy atom. The minimum absolute atomic E-state index is 0.279. The zero-order valence-electron chi connectivity index (χ0n) is 10.6. The monoisotopic (exact) mass is 298 g/mol. The molecule has 0 aliphatic heterocycles. The maximum atomic E-state index is 13.1. The van der Waals surface area contributed by atoms with Gasteiger partial charge in [0.1, 0.15) is 11.6 Å². The second-order valence-corrected chi connectivity index (χ2v) is 4.95. The van der Waals surface area contributed by atoms with E-state index in [0.717, 1.165) is 11.1 Å². The van der Waals surface area contributed by atoms with Crippen molar-refractivity contribution in [1.82, 2.24) is 4.98 Å². The Bertz CT molecular complexity index is 615. The maximum Gasteiger partial charge on any atom is 0.145 e. The molecule has 0 aliphatic rings. The number of nitrogens with one attached hydrogen (secondary N) is 1. The molecule has 1 N–H and O–H groups in total. The van der Waals surface area contributed by atoms with Crippen molar-refractivity contribution in [2.45, 2.75) is 13.8 Å². The summed E-state index contributed by atoms with van der Waals surface area (Å²) in [5.74, 6) is 0.297. The Kier molecular flexibility index (Phi) is 4.27. The Morgan fingerprint density at radius 3 is 2.58 bits per heavy atom. The van der Waals surface area contributed by atoms with Crippen LogP contribution < -0.4 is 5.32 Å². The first-order valence-corrected chi connectivity index (χ1v) is 6.65. The molecular weight excluding hydrogens is 286 g/mol. The van der Waals surface area contributed by atoms with Crippen LogP contribution in [-0.2, 0) is 0 Å². The number of rotatable bonds is 3. The molecule has 0 radical (unpaired) electrons. The van der Waals surface area contributed by atoms with Crippen LogP contribution in [0.1, 0.15) is 12.5 Å². The molecule has 0 amide bonds. The van der Waals surface area contributed by atoms with Crippen molar-refractivity contribution in [3.05, 3.63) is 45.7 Å². The number of hydrogen-bond donors (Lipinski definition) is 1. The van der Waals surface area contributed by atoms with Crippen LogP contribution in [0.2, 0.25) is 10.0 Å². The Morgan fingerprint density at radius 2 is 1.95 bits per heavy atom. The molecule has 2 rings (SSSR count). The highest BCUT2D eigenvalue weighted by Gasteiger charge is 2.13. The summed E-state index contributed by atoms with van der Waals surface area (Å²) in [6.07, 6.45) is 0. The fourth-order valence-corrected chi connectivity index (χ4v) is 2.37. The molecule has 2 nitrogen and oxygen atoms in total. The lowest BCUT2D eigenvalue weighted by Crippen LogP contribution is -2.01. The van der Waals surface area contributed by atoms with Gasteiger partial charge in [0.05, 0.1) is 15.7 Å². The number of aryl methyl sites for hydroxylation is 1. The molecule has 0 atom stereocenters. The van der Waals surface area contributed by atoms with Gasteiger partial charge in [0.25, 0.3) is 0 Å². The first-order valence-electron chi connectivity index (χ1n) is 5.89. The average molecular weight is 299 g/mol. The summed E-state index contributed by atoms with van der Waals surface area (Å²) in [5, 5.41) is 3.98. The molecule has 0 spiro atoms. The summed E-state index contributed by atoms with van der Waals surface area (Å²) < 4.78 is 13.1. The predicted molar refractivity (Wildman–Crippen MR) is 78.6 cm³/mol. The van der Waals surface area contributed by atoms with E-state index in [4.69, 9.17) is 23.2 Å². The second-order valence-electron chi connectivity index (χ2n) is 4.14. The van der Waals surface area contributed by atoms with Gasteiger partial charge < -0.3 is 5.32 Å². The highest BCUT2D eigenvalue weighted by Crippen LogP contribution is 2.34. The summed E-state index contributed by atoms with van der Waals surface area (Å²) in [5.41, 5.74) is 2.17. The van der Waals surface area contributed by atoms with Crippen molar-refractivity contribution in [1.29, 1.82) is 0 Å². The summed E-state index contributed by atoms with van der Waals surface area (Å²) >= 11 is 12.2. The number of nitrogens with zero attached hydrogens (tertiary/aromatic N) is 1. The van der Waals surface area contributed by atoms with Crippen LogP contribution in [0.15, 0.2) is 24.3 Å². The van der Waals surface area contributed by atoms with Crippen LogP contribution in [0.25, 0.3) is 11.3 Å². The van der Waals surface area contributed by atoms with Crippen LogP contribution in [0.3, 0.4) is 0 Å². The van der Waals surface area contributed by atoms with Gasteiger partial charge in [-0.2, -0.15) is 0 Å². The van der Waals surface area contributed by atoms with E-state index in [0.29, 0.717) is 28.1 Å². The third-order valence-corrected chi connectivity index (χ3v) is 3.29. The molecule has 5 heteroatoms. The molecule has 19 heavy (non-hydrogen) atoms. The van der Waals surface area contributed by atoms with Gasteiger partial charge in [-0.25, -0.2) is 9.37 Å². The molecule has 100 valence electrons. The van der Waals surface area contributed by atoms with E-state index >= 15 is 0 Å². The normalized spacial score (nSPS) is 10.6. The van der Waals surface area contributed by atoms with Crippen LogP contribution in [0.5, 0.6) is 0 Å². The summed E-state index contributed by atoms with van der Waals surface area (Å²) in [7, 11) is 0. The minimum Gasteiger partial charge on any atom is -0.369 e. The van der Waals surface area contributed by atoms with Gasteiger partial charge in [-0.3, -0.25) is 0 Å². The second kappa shape index (κ2) is 5.76. The van der Waals surface area contributed by atoms with E-state index in [9.17, 15) is 4.39 Å². The van der Waals surface area contributed by atoms with Crippen molar-refractivity contribution in [2.75, 3.05) is 11.9 Å². The Hall–Kier alpha value is -1.32. The first-order chi connectivity index (χ1) is 9.02. The summed E-state index contributed by atoms with van der Waals surface area (Å²) in [6, 6.07) is 6.16. The van der Waals surface area contributed by atoms with Gasteiger partial charge in [0, 0.05) is 12.1 Å². The Labute approximate surface area is 121 Å². The topological polar surface area (TPSA) is 24.9 Å². The van der Waals surface area contributed by atoms with Crippen molar-refractivity contribution < 1.29 is 4.39 Å². The fourth-order valence-electron chi connectivity index (χ4n) is 1.84. The van der Waals surface area contributed by atoms with E-state index in [2.05, 4.69) is 10.3 Å². The van der Waals surface area contributed by atoms with Crippen LogP contribution >= 0.6 is 23.2 Å². The van der Waals surface area contributed by atoms with Gasteiger partial charge in [0.15, 0.2) is 0 Å². The number of aromatic nitrogens is 1. The van der Waals surface area contributed by atoms with Gasteiger partial charge in [-0.1, -0.05) is 23.2 Å². The van der Waals surface area contributed by atoms with Crippen LogP contribution in [0, 0.1) is 12.7 Å². The van der Waals surface area contributed by atoms with E-state index in [1.807, 2.05) is 13.8 Å². The minimum atomic E-state index is -0.279. The lowest BCUT2D eigenvalue weighted by molar-refractivity contribution is 0.627. The predicted octanol–water partition coefficient (Wildman–Crippen LogP) is 4.93. The highest BCUT2D eigenvalue weighted by atomic mass is 35.5. The zero-order valence-corrected chi connectivity index (χ0v) is 12.1. The Balaban J connectivity index is 2.58. The third-order valence-electron chi connectivity index (χ3n) is 2.72. The number of halogens is 3. The lowest BCUT2D eigenvalue weighted by Gasteiger charge is -2.11. The summed E-state index contributed by atoms with van der Waals surface area (Å²) in [6.45, 7) is 4.48. The van der Waals surface area contributed by atoms with Crippen molar-refractivity contribution in [2.24, 2.45) is 0 Å². The molecule has 1 aromatic heterocycles. The first kappa shape index (κ1) is 14.1. The smallest absolute Gasteiger partial charge is 0.145 e. The van der Waals surface area contributed by atoms with Crippen molar-refractivity contribution in [3.63, 3.8) is 0 Å². The average Bonchev–Trinajstić information content (AvgIpc) is 2.34. The molecule has 0 aliphatic carbocycles. The molecule has 1 aromatic carbocycles. The number of pyridine rings is 1. The standard InChI is InChI=1S/C14H13Cl2FN2/c1-3-18-14-12(16)7-11(15)13(19-14)10-5-4-9(17)6-8(10)2/h4-7H,3H2,1-2H3,(H,18,19). The number of hydrogen-bond acceptors (Lipinski definition) is 2. The van der Waals surface area contributed by atoms with E-state index in [-0.39, 0.29) is 5.82 Å². The van der Waals surface area contributed by atoms with E-state index in [1.54, 1.807) is 12.1 Å². The van der Waals surface area contributed by atoms with Gasteiger partial charge in [0.2, 0.25) is 0 Å². The highest BCUT2D eigenvalue weighted by molar-refractivity contribution is 6.37. The van der Waals surface area contributed by atoms with Gasteiger partial charge >= 0.3 is 0 Å². The molecule has 0 bridgehead atoms. The molecule has 2 aromatic rings. The summed E-state index contributed by atoms with van der Waals surface area (Å²) in [4.78, 5) is 4.42. The van der Waals surface area contributed by atoms with Crippen LogP contribution in [0.4, 0.5) is 10.2 Å². The SMILES string of the molecule is CCNc1nc(-c2ccc(F)cc2C)c(Cl)cc1Cl. The largest absolute Gasteiger partial charge is 0.369 e. The van der Waals surface area contributed by atoms with E-state index < -0.39 is 0 Å². The van der Waals surface area contributed by atoms with Crippen LogP contribution in [-0.4, -0.2) is 11.5 Å². The van der Waals surface area contributed by atoms with E-state index in [1.165, 1.54) is 12.1 Å². The quantitative estimate of drug-likeness (QED) is 0.868. The third kappa shape index (κ3) is 2.99. The maximum absolute atomic E-state index is 13.1. The van der Waals surface area contributed by atoms with Crippen molar-refractivity contribution >= 4 is 29.0 Å². The van der Waals surface area contributed by atoms with Crippen molar-refractivity contribution in [3.8, 4) is 11.3 Å². The lowest BCUT2D eigenvalue weighted by atomic mass is 10.0.